The number of aromatic nitrogens is 2. The Morgan fingerprint density at radius 3 is 2.45 bits per heavy atom. The SMILES string of the molecule is COCn1c2ccccc2c2cc(C(=O)N[C@H](C(=O)OCc3ccccc3)C(C)C)ncc21. The lowest BCUT2D eigenvalue weighted by Crippen LogP contribution is -2.45. The summed E-state index contributed by atoms with van der Waals surface area (Å²) in [5.74, 6) is -1.04. The second-order valence-corrected chi connectivity index (χ2v) is 8.24. The van der Waals surface area contributed by atoms with Gasteiger partial charge in [-0.05, 0) is 23.6 Å². The van der Waals surface area contributed by atoms with Gasteiger partial charge in [0.25, 0.3) is 5.91 Å². The Balaban J connectivity index is 1.56. The number of fused-ring (bicyclic) bond motifs is 3. The zero-order valence-electron chi connectivity index (χ0n) is 18.9. The molecule has 0 fully saturated rings. The first-order chi connectivity index (χ1) is 16.0. The van der Waals surface area contributed by atoms with Crippen molar-refractivity contribution in [3.05, 3.63) is 78.1 Å². The number of carbonyl (C=O) groups is 2. The Morgan fingerprint density at radius 2 is 1.73 bits per heavy atom. The lowest BCUT2D eigenvalue weighted by molar-refractivity contribution is -0.148. The first-order valence-corrected chi connectivity index (χ1v) is 10.9. The van der Waals surface area contributed by atoms with Gasteiger partial charge in [-0.2, -0.15) is 0 Å². The highest BCUT2D eigenvalue weighted by Crippen LogP contribution is 2.29. The number of methoxy groups -OCH3 is 1. The van der Waals surface area contributed by atoms with Crippen LogP contribution >= 0.6 is 0 Å². The average Bonchev–Trinajstić information content (AvgIpc) is 3.14. The quantitative estimate of drug-likeness (QED) is 0.409. The van der Waals surface area contributed by atoms with Gasteiger partial charge in [0.1, 0.15) is 25.1 Å². The normalized spacial score (nSPS) is 12.2. The van der Waals surface area contributed by atoms with E-state index >= 15 is 0 Å². The number of ether oxygens (including phenoxy) is 2. The molecule has 0 radical (unpaired) electrons. The first kappa shape index (κ1) is 22.5. The lowest BCUT2D eigenvalue weighted by atomic mass is 10.0. The summed E-state index contributed by atoms with van der Waals surface area (Å²) >= 11 is 0. The van der Waals surface area contributed by atoms with E-state index in [-0.39, 0.29) is 18.2 Å². The Morgan fingerprint density at radius 1 is 1.00 bits per heavy atom. The van der Waals surface area contributed by atoms with E-state index in [1.165, 1.54) is 0 Å². The summed E-state index contributed by atoms with van der Waals surface area (Å²) in [6.45, 7) is 4.26. The fourth-order valence-electron chi connectivity index (χ4n) is 3.87. The molecule has 0 unspecified atom stereocenters. The predicted molar refractivity (Wildman–Crippen MR) is 127 cm³/mol. The third-order valence-electron chi connectivity index (χ3n) is 5.58. The molecule has 33 heavy (non-hydrogen) atoms. The zero-order valence-corrected chi connectivity index (χ0v) is 18.9. The summed E-state index contributed by atoms with van der Waals surface area (Å²) in [7, 11) is 1.64. The molecule has 4 rings (SSSR count). The van der Waals surface area contributed by atoms with Crippen molar-refractivity contribution in [1.82, 2.24) is 14.9 Å². The summed E-state index contributed by atoms with van der Waals surface area (Å²) in [6.07, 6.45) is 1.67. The topological polar surface area (TPSA) is 82.5 Å². The number of para-hydroxylation sites is 1. The van der Waals surface area contributed by atoms with Crippen LogP contribution in [0.25, 0.3) is 21.8 Å². The second-order valence-electron chi connectivity index (χ2n) is 8.24. The minimum atomic E-state index is -0.784. The molecule has 0 saturated carbocycles. The van der Waals surface area contributed by atoms with Crippen LogP contribution in [0.5, 0.6) is 0 Å². The van der Waals surface area contributed by atoms with Crippen molar-refractivity contribution in [2.45, 2.75) is 33.2 Å². The summed E-state index contributed by atoms with van der Waals surface area (Å²) in [5.41, 5.74) is 3.00. The van der Waals surface area contributed by atoms with E-state index in [2.05, 4.69) is 10.3 Å². The monoisotopic (exact) mass is 445 g/mol. The maximum Gasteiger partial charge on any atom is 0.329 e. The van der Waals surface area contributed by atoms with Crippen molar-refractivity contribution >= 4 is 33.7 Å². The highest BCUT2D eigenvalue weighted by atomic mass is 16.5. The van der Waals surface area contributed by atoms with Gasteiger partial charge in [0.15, 0.2) is 0 Å². The van der Waals surface area contributed by atoms with Crippen LogP contribution < -0.4 is 5.32 Å². The van der Waals surface area contributed by atoms with Crippen LogP contribution in [0.15, 0.2) is 66.9 Å². The largest absolute Gasteiger partial charge is 0.459 e. The van der Waals surface area contributed by atoms with E-state index in [0.717, 1.165) is 27.4 Å². The molecule has 2 heterocycles. The number of carbonyl (C=O) groups excluding carboxylic acids is 2. The number of hydrogen-bond acceptors (Lipinski definition) is 5. The summed E-state index contributed by atoms with van der Waals surface area (Å²) in [6, 6.07) is 18.3. The molecule has 1 N–H and O–H groups in total. The number of nitrogens with one attached hydrogen (secondary N) is 1. The number of pyridine rings is 1. The number of benzene rings is 2. The highest BCUT2D eigenvalue weighted by molar-refractivity contribution is 6.10. The molecule has 0 aliphatic heterocycles. The van der Waals surface area contributed by atoms with Crippen LogP contribution in [0.2, 0.25) is 0 Å². The van der Waals surface area contributed by atoms with Crippen LogP contribution in [0.3, 0.4) is 0 Å². The Bertz CT molecular complexity index is 1280. The average molecular weight is 446 g/mol. The molecule has 0 aliphatic rings. The molecular formula is C26H27N3O4. The number of hydrogen-bond donors (Lipinski definition) is 1. The van der Waals surface area contributed by atoms with E-state index in [4.69, 9.17) is 9.47 Å². The summed E-state index contributed by atoms with van der Waals surface area (Å²) in [5, 5.41) is 4.71. The Hall–Kier alpha value is -3.71. The van der Waals surface area contributed by atoms with E-state index in [1.54, 1.807) is 19.4 Å². The smallest absolute Gasteiger partial charge is 0.329 e. The van der Waals surface area contributed by atoms with Crippen molar-refractivity contribution in [2.75, 3.05) is 7.11 Å². The second kappa shape index (κ2) is 9.83. The predicted octanol–water partition coefficient (Wildman–Crippen LogP) is 4.29. The van der Waals surface area contributed by atoms with E-state index in [0.29, 0.717) is 6.73 Å². The Kier molecular flexibility index (Phi) is 6.70. The number of rotatable bonds is 8. The van der Waals surface area contributed by atoms with Gasteiger partial charge in [0, 0.05) is 17.9 Å². The molecular weight excluding hydrogens is 418 g/mol. The van der Waals surface area contributed by atoms with Gasteiger partial charge in [-0.1, -0.05) is 62.4 Å². The molecule has 1 amide bonds. The van der Waals surface area contributed by atoms with Gasteiger partial charge in [0.05, 0.1) is 17.2 Å². The van der Waals surface area contributed by atoms with E-state index < -0.39 is 17.9 Å². The van der Waals surface area contributed by atoms with Crippen LogP contribution in [-0.4, -0.2) is 34.6 Å². The molecule has 7 nitrogen and oxygen atoms in total. The molecule has 0 bridgehead atoms. The van der Waals surface area contributed by atoms with Gasteiger partial charge in [-0.25, -0.2) is 9.78 Å². The van der Waals surface area contributed by atoms with Crippen LogP contribution in [0.4, 0.5) is 0 Å². The van der Waals surface area contributed by atoms with E-state index in [9.17, 15) is 9.59 Å². The molecule has 4 aromatic rings. The number of amides is 1. The molecule has 170 valence electrons. The highest BCUT2D eigenvalue weighted by Gasteiger charge is 2.27. The van der Waals surface area contributed by atoms with Crippen molar-refractivity contribution in [3.63, 3.8) is 0 Å². The lowest BCUT2D eigenvalue weighted by Gasteiger charge is -2.20. The van der Waals surface area contributed by atoms with Crippen molar-refractivity contribution in [2.24, 2.45) is 5.92 Å². The molecule has 2 aromatic heterocycles. The fourth-order valence-corrected chi connectivity index (χ4v) is 3.87. The Labute approximate surface area is 192 Å². The van der Waals surface area contributed by atoms with Crippen LogP contribution in [-0.2, 0) is 27.6 Å². The van der Waals surface area contributed by atoms with Gasteiger partial charge in [-0.3, -0.25) is 4.79 Å². The van der Waals surface area contributed by atoms with Crippen molar-refractivity contribution in [1.29, 1.82) is 0 Å². The first-order valence-electron chi connectivity index (χ1n) is 10.9. The van der Waals surface area contributed by atoms with Gasteiger partial charge in [-0.15, -0.1) is 0 Å². The summed E-state index contributed by atoms with van der Waals surface area (Å²) < 4.78 is 12.8. The minimum absolute atomic E-state index is 0.149. The standard InChI is InChI=1S/C26H27N3O4/c1-17(2)24(26(31)33-15-18-9-5-4-6-10-18)28-25(30)21-13-20-19-11-7-8-12-22(19)29(16-32-3)23(20)14-27-21/h4-14,17,24H,15-16H2,1-3H3,(H,28,30)/t24-/m0/s1. The minimum Gasteiger partial charge on any atom is -0.459 e. The fraction of sp³-hybridized carbons (Fsp3) is 0.269. The molecule has 2 aromatic carbocycles. The van der Waals surface area contributed by atoms with Crippen LogP contribution in [0, 0.1) is 5.92 Å². The maximum absolute atomic E-state index is 13.0. The van der Waals surface area contributed by atoms with Crippen molar-refractivity contribution in [3.8, 4) is 0 Å². The molecule has 0 aliphatic carbocycles. The molecule has 0 saturated heterocycles. The van der Waals surface area contributed by atoms with Crippen molar-refractivity contribution < 1.29 is 19.1 Å². The van der Waals surface area contributed by atoms with Crippen LogP contribution in [0.1, 0.15) is 29.9 Å². The molecule has 7 heteroatoms. The molecule has 0 spiro atoms. The van der Waals surface area contributed by atoms with E-state index in [1.807, 2.05) is 73.0 Å². The maximum atomic E-state index is 13.0. The summed E-state index contributed by atoms with van der Waals surface area (Å²) in [4.78, 5) is 30.1. The third kappa shape index (κ3) is 4.73. The van der Waals surface area contributed by atoms with Gasteiger partial charge >= 0.3 is 5.97 Å². The number of nitrogens with zero attached hydrogens (tertiary/aromatic N) is 2. The van der Waals surface area contributed by atoms with Gasteiger partial charge < -0.3 is 19.4 Å². The third-order valence-corrected chi connectivity index (χ3v) is 5.58. The number of esters is 1. The molecule has 1 atom stereocenters. The zero-order chi connectivity index (χ0) is 23.4. The van der Waals surface area contributed by atoms with Gasteiger partial charge in [0.2, 0.25) is 0 Å².